The molecule has 3 aromatic carbocycles. The number of anilines is 1. The van der Waals surface area contributed by atoms with Crippen LogP contribution in [0, 0.1) is 0 Å². The highest BCUT2D eigenvalue weighted by atomic mass is 35.5. The van der Waals surface area contributed by atoms with Crippen molar-refractivity contribution in [1.29, 1.82) is 0 Å². The third-order valence-corrected chi connectivity index (χ3v) is 6.44. The SMILES string of the molecule is C/C(=N/NC(=O)c1ccc(N(Cc2ccccc2Cl)S(C)(=O)=O)cc1)c1ccc(Cl)cc1. The van der Waals surface area contributed by atoms with Crippen LogP contribution in [0.3, 0.4) is 0 Å². The Kier molecular flexibility index (Phi) is 7.56. The zero-order chi connectivity index (χ0) is 23.3. The fourth-order valence-corrected chi connectivity index (χ4v) is 4.11. The lowest BCUT2D eigenvalue weighted by Crippen LogP contribution is -2.29. The van der Waals surface area contributed by atoms with E-state index in [2.05, 4.69) is 10.5 Å². The van der Waals surface area contributed by atoms with Crippen LogP contribution in [0.5, 0.6) is 0 Å². The smallest absolute Gasteiger partial charge is 0.267 e. The summed E-state index contributed by atoms with van der Waals surface area (Å²) >= 11 is 12.1. The van der Waals surface area contributed by atoms with Gasteiger partial charge < -0.3 is 0 Å². The van der Waals surface area contributed by atoms with E-state index >= 15 is 0 Å². The second-order valence-electron chi connectivity index (χ2n) is 7.05. The van der Waals surface area contributed by atoms with Crippen LogP contribution in [-0.2, 0) is 16.6 Å². The highest BCUT2D eigenvalue weighted by Crippen LogP contribution is 2.24. The molecule has 1 N–H and O–H groups in total. The van der Waals surface area contributed by atoms with E-state index in [1.165, 1.54) is 4.31 Å². The third-order valence-electron chi connectivity index (χ3n) is 4.68. The van der Waals surface area contributed by atoms with Crippen molar-refractivity contribution in [1.82, 2.24) is 5.43 Å². The molecule has 0 aliphatic heterocycles. The molecule has 1 amide bonds. The molecule has 0 unspecified atom stereocenters. The van der Waals surface area contributed by atoms with Crippen LogP contribution in [0.1, 0.15) is 28.4 Å². The van der Waals surface area contributed by atoms with Gasteiger partial charge in [-0.15, -0.1) is 0 Å². The van der Waals surface area contributed by atoms with Gasteiger partial charge in [-0.2, -0.15) is 5.10 Å². The van der Waals surface area contributed by atoms with Gasteiger partial charge >= 0.3 is 0 Å². The number of carbonyl (C=O) groups excluding carboxylic acids is 1. The molecule has 3 aromatic rings. The van der Waals surface area contributed by atoms with E-state index in [4.69, 9.17) is 23.2 Å². The van der Waals surface area contributed by atoms with E-state index in [9.17, 15) is 13.2 Å². The minimum Gasteiger partial charge on any atom is -0.267 e. The van der Waals surface area contributed by atoms with Gasteiger partial charge in [-0.05, 0) is 60.5 Å². The van der Waals surface area contributed by atoms with Gasteiger partial charge in [-0.3, -0.25) is 9.10 Å². The zero-order valence-electron chi connectivity index (χ0n) is 17.4. The number of halogens is 2. The predicted octanol–water partition coefficient (Wildman–Crippen LogP) is 5.11. The maximum absolute atomic E-state index is 12.5. The largest absolute Gasteiger partial charge is 0.271 e. The lowest BCUT2D eigenvalue weighted by Gasteiger charge is -2.23. The summed E-state index contributed by atoms with van der Waals surface area (Å²) in [6.45, 7) is 1.85. The maximum Gasteiger partial charge on any atom is 0.271 e. The number of sulfonamides is 1. The molecule has 0 atom stereocenters. The zero-order valence-corrected chi connectivity index (χ0v) is 19.7. The van der Waals surface area contributed by atoms with E-state index in [1.54, 1.807) is 79.7 Å². The topological polar surface area (TPSA) is 78.8 Å². The van der Waals surface area contributed by atoms with Crippen LogP contribution in [0.4, 0.5) is 5.69 Å². The van der Waals surface area contributed by atoms with E-state index in [-0.39, 0.29) is 6.54 Å². The number of hydrazone groups is 1. The van der Waals surface area contributed by atoms with Crippen molar-refractivity contribution >= 4 is 50.5 Å². The standard InChI is InChI=1S/C23H21Cl2N3O3S/c1-16(17-7-11-20(24)12-8-17)26-27-23(29)18-9-13-21(14-10-18)28(32(2,30)31)15-19-5-3-4-6-22(19)25/h3-14H,15H2,1-2H3,(H,27,29)/b26-16-. The minimum absolute atomic E-state index is 0.0780. The fourth-order valence-electron chi connectivity index (χ4n) is 2.92. The van der Waals surface area contributed by atoms with Crippen molar-refractivity contribution < 1.29 is 13.2 Å². The van der Waals surface area contributed by atoms with Crippen molar-refractivity contribution in [2.75, 3.05) is 10.6 Å². The first kappa shape index (κ1) is 23.8. The van der Waals surface area contributed by atoms with Crippen LogP contribution >= 0.6 is 23.2 Å². The number of carbonyl (C=O) groups is 1. The Bertz CT molecular complexity index is 1240. The molecule has 0 radical (unpaired) electrons. The van der Waals surface area contributed by atoms with Crippen LogP contribution in [0.25, 0.3) is 0 Å². The van der Waals surface area contributed by atoms with Crippen molar-refractivity contribution in [3.63, 3.8) is 0 Å². The Hall–Kier alpha value is -2.87. The highest BCUT2D eigenvalue weighted by Gasteiger charge is 2.19. The Labute approximate surface area is 197 Å². The molecule has 0 saturated carbocycles. The molecule has 6 nitrogen and oxygen atoms in total. The van der Waals surface area contributed by atoms with Crippen LogP contribution in [0.15, 0.2) is 77.9 Å². The molecule has 3 rings (SSSR count). The summed E-state index contributed by atoms with van der Waals surface area (Å²) in [5, 5.41) is 5.21. The molecule has 166 valence electrons. The van der Waals surface area contributed by atoms with Crippen LogP contribution in [-0.4, -0.2) is 26.3 Å². The molecule has 0 bridgehead atoms. The predicted molar refractivity (Wildman–Crippen MR) is 130 cm³/mol. The molecule has 0 heterocycles. The maximum atomic E-state index is 12.5. The van der Waals surface area contributed by atoms with Crippen molar-refractivity contribution in [3.8, 4) is 0 Å². The molecule has 32 heavy (non-hydrogen) atoms. The van der Waals surface area contributed by atoms with E-state index < -0.39 is 15.9 Å². The summed E-state index contributed by atoms with van der Waals surface area (Å²) in [7, 11) is -3.58. The Morgan fingerprint density at radius 3 is 2.12 bits per heavy atom. The molecular weight excluding hydrogens is 469 g/mol. The minimum atomic E-state index is -3.58. The van der Waals surface area contributed by atoms with Crippen molar-refractivity contribution in [3.05, 3.63) is 99.5 Å². The van der Waals surface area contributed by atoms with Crippen molar-refractivity contribution in [2.24, 2.45) is 5.10 Å². The monoisotopic (exact) mass is 489 g/mol. The Morgan fingerprint density at radius 1 is 0.938 bits per heavy atom. The fraction of sp³-hybridized carbons (Fsp3) is 0.130. The average molecular weight is 490 g/mol. The van der Waals surface area contributed by atoms with Gasteiger partial charge in [0.15, 0.2) is 0 Å². The third kappa shape index (κ3) is 6.09. The molecule has 0 aliphatic carbocycles. The van der Waals surface area contributed by atoms with Gasteiger partial charge in [-0.25, -0.2) is 13.8 Å². The highest BCUT2D eigenvalue weighted by molar-refractivity contribution is 7.92. The van der Waals surface area contributed by atoms with Gasteiger partial charge in [0.1, 0.15) is 0 Å². The number of hydrogen-bond donors (Lipinski definition) is 1. The van der Waals surface area contributed by atoms with Gasteiger partial charge in [0.25, 0.3) is 5.91 Å². The molecule has 0 aliphatic rings. The van der Waals surface area contributed by atoms with Crippen LogP contribution in [0.2, 0.25) is 10.0 Å². The molecular formula is C23H21Cl2N3O3S. The molecule has 0 fully saturated rings. The van der Waals surface area contributed by atoms with E-state index in [0.29, 0.717) is 32.6 Å². The number of hydrogen-bond acceptors (Lipinski definition) is 4. The van der Waals surface area contributed by atoms with E-state index in [0.717, 1.165) is 11.8 Å². The quantitative estimate of drug-likeness (QED) is 0.369. The Balaban J connectivity index is 1.76. The average Bonchev–Trinajstić information content (AvgIpc) is 2.76. The number of nitrogens with one attached hydrogen (secondary N) is 1. The summed E-state index contributed by atoms with van der Waals surface area (Å²) in [4.78, 5) is 12.5. The van der Waals surface area contributed by atoms with Gasteiger partial charge in [0.05, 0.1) is 24.2 Å². The van der Waals surface area contributed by atoms with Crippen molar-refractivity contribution in [2.45, 2.75) is 13.5 Å². The summed E-state index contributed by atoms with van der Waals surface area (Å²) in [6, 6.07) is 20.4. The summed E-state index contributed by atoms with van der Waals surface area (Å²) in [5.74, 6) is -0.415. The first-order valence-electron chi connectivity index (χ1n) is 9.57. The van der Waals surface area contributed by atoms with Gasteiger partial charge in [0, 0.05) is 15.6 Å². The summed E-state index contributed by atoms with van der Waals surface area (Å²) < 4.78 is 26.0. The number of amides is 1. The van der Waals surface area contributed by atoms with Crippen LogP contribution < -0.4 is 9.73 Å². The molecule has 0 aromatic heterocycles. The first-order valence-corrected chi connectivity index (χ1v) is 12.2. The normalized spacial score (nSPS) is 11.8. The first-order chi connectivity index (χ1) is 15.1. The van der Waals surface area contributed by atoms with E-state index in [1.807, 2.05) is 0 Å². The lowest BCUT2D eigenvalue weighted by atomic mass is 10.1. The number of benzene rings is 3. The second kappa shape index (κ2) is 10.2. The number of rotatable bonds is 7. The molecule has 0 saturated heterocycles. The number of nitrogens with zero attached hydrogens (tertiary/aromatic N) is 2. The van der Waals surface area contributed by atoms with Gasteiger partial charge in [-0.1, -0.05) is 53.5 Å². The molecule has 9 heteroatoms. The molecule has 0 spiro atoms. The summed E-state index contributed by atoms with van der Waals surface area (Å²) in [5.41, 5.74) is 5.39. The van der Waals surface area contributed by atoms with Gasteiger partial charge in [0.2, 0.25) is 10.0 Å². The lowest BCUT2D eigenvalue weighted by molar-refractivity contribution is 0.0955. The summed E-state index contributed by atoms with van der Waals surface area (Å²) in [6.07, 6.45) is 1.12. The Morgan fingerprint density at radius 2 is 1.53 bits per heavy atom. The second-order valence-corrected chi connectivity index (χ2v) is 9.80.